The molecule has 2 heterocycles. The number of hydrogen-bond acceptors (Lipinski definition) is 4. The van der Waals surface area contributed by atoms with Crippen LogP contribution in [0.2, 0.25) is 5.02 Å². The molecule has 7 nitrogen and oxygen atoms in total. The van der Waals surface area contributed by atoms with Gasteiger partial charge in [0.05, 0.1) is 16.9 Å². The Morgan fingerprint density at radius 1 is 1.30 bits per heavy atom. The zero-order valence-electron chi connectivity index (χ0n) is 12.6. The van der Waals surface area contributed by atoms with Crippen LogP contribution in [0.15, 0.2) is 35.5 Å². The van der Waals surface area contributed by atoms with Crippen molar-refractivity contribution in [2.75, 3.05) is 5.32 Å². The fraction of sp³-hybridized carbons (Fsp3) is 0.200. The third-order valence-electron chi connectivity index (χ3n) is 3.41. The van der Waals surface area contributed by atoms with Crippen LogP contribution in [0.3, 0.4) is 0 Å². The Morgan fingerprint density at radius 3 is 2.83 bits per heavy atom. The van der Waals surface area contributed by atoms with Gasteiger partial charge in [-0.05, 0) is 37.1 Å². The lowest BCUT2D eigenvalue weighted by molar-refractivity contribution is -0.117. The quantitative estimate of drug-likeness (QED) is 0.793. The van der Waals surface area contributed by atoms with Gasteiger partial charge in [0.2, 0.25) is 5.91 Å². The molecule has 0 aliphatic rings. The van der Waals surface area contributed by atoms with Crippen LogP contribution in [-0.4, -0.2) is 25.3 Å². The van der Waals surface area contributed by atoms with E-state index in [1.807, 2.05) is 19.9 Å². The molecule has 0 aliphatic heterocycles. The van der Waals surface area contributed by atoms with Crippen molar-refractivity contribution in [3.63, 3.8) is 0 Å². The summed E-state index contributed by atoms with van der Waals surface area (Å²) in [6.45, 7) is 3.58. The van der Waals surface area contributed by atoms with Crippen molar-refractivity contribution in [1.82, 2.24) is 19.4 Å². The van der Waals surface area contributed by atoms with Crippen LogP contribution in [-0.2, 0) is 11.3 Å². The predicted octanol–water partition coefficient (Wildman–Crippen LogP) is 1.80. The molecule has 0 bridgehead atoms. The van der Waals surface area contributed by atoms with E-state index in [-0.39, 0.29) is 18.0 Å². The van der Waals surface area contributed by atoms with Crippen molar-refractivity contribution >= 4 is 28.7 Å². The summed E-state index contributed by atoms with van der Waals surface area (Å²) in [5.74, 6) is -0.377. The van der Waals surface area contributed by atoms with Crippen LogP contribution in [0.5, 0.6) is 0 Å². The third-order valence-corrected chi connectivity index (χ3v) is 3.71. The maximum Gasteiger partial charge on any atom is 0.293 e. The van der Waals surface area contributed by atoms with Gasteiger partial charge in [-0.1, -0.05) is 17.7 Å². The van der Waals surface area contributed by atoms with E-state index >= 15 is 0 Å². The highest BCUT2D eigenvalue weighted by Gasteiger charge is 2.12. The molecule has 0 saturated carbocycles. The highest BCUT2D eigenvalue weighted by molar-refractivity contribution is 6.34. The number of benzene rings is 1. The lowest BCUT2D eigenvalue weighted by Gasteiger charge is -2.12. The van der Waals surface area contributed by atoms with Crippen molar-refractivity contribution in [2.24, 2.45) is 0 Å². The maximum absolute atomic E-state index is 12.2. The number of anilines is 1. The molecule has 2 aromatic heterocycles. The highest BCUT2D eigenvalue weighted by atomic mass is 35.5. The number of nitrogens with zero attached hydrogens (tertiary/aromatic N) is 4. The average Bonchev–Trinajstić information content (AvgIpc) is 2.95. The Morgan fingerprint density at radius 2 is 2.09 bits per heavy atom. The lowest BCUT2D eigenvalue weighted by atomic mass is 10.1. The molecule has 0 aliphatic carbocycles. The molecule has 1 amide bonds. The minimum absolute atomic E-state index is 0.204. The Hall–Kier alpha value is -2.67. The number of nitrogens with one attached hydrogen (secondary N) is 1. The van der Waals surface area contributed by atoms with Crippen LogP contribution < -0.4 is 10.9 Å². The molecule has 3 aromatic rings. The van der Waals surface area contributed by atoms with Crippen LogP contribution in [0.25, 0.3) is 5.52 Å². The zero-order chi connectivity index (χ0) is 16.6. The van der Waals surface area contributed by atoms with Gasteiger partial charge in [-0.25, -0.2) is 9.20 Å². The Labute approximate surface area is 136 Å². The molecule has 1 aromatic carbocycles. The van der Waals surface area contributed by atoms with Crippen molar-refractivity contribution < 1.29 is 4.79 Å². The smallest absolute Gasteiger partial charge is 0.293 e. The molecule has 23 heavy (non-hydrogen) atoms. The van der Waals surface area contributed by atoms with Gasteiger partial charge in [-0.3, -0.25) is 9.59 Å². The number of aromatic nitrogens is 4. The molecule has 0 unspecified atom stereocenters. The Bertz CT molecular complexity index is 937. The number of rotatable bonds is 3. The normalized spacial score (nSPS) is 10.9. The summed E-state index contributed by atoms with van der Waals surface area (Å²) in [4.78, 5) is 24.4. The molecule has 1 N–H and O–H groups in total. The topological polar surface area (TPSA) is 81.3 Å². The van der Waals surface area contributed by atoms with E-state index in [1.54, 1.807) is 12.1 Å². The SMILES string of the molecule is Cc1cc(C)c(NC(=O)Cn2ncn3nccc3c2=O)c(Cl)c1. The summed E-state index contributed by atoms with van der Waals surface area (Å²) in [5, 5.41) is 11.0. The van der Waals surface area contributed by atoms with E-state index in [2.05, 4.69) is 15.5 Å². The van der Waals surface area contributed by atoms with Crippen molar-refractivity contribution in [3.05, 3.63) is 57.2 Å². The monoisotopic (exact) mass is 331 g/mol. The van der Waals surface area contributed by atoms with E-state index in [1.165, 1.54) is 17.0 Å². The van der Waals surface area contributed by atoms with Gasteiger partial charge in [0, 0.05) is 0 Å². The molecule has 118 valence electrons. The first-order valence-electron chi connectivity index (χ1n) is 6.92. The summed E-state index contributed by atoms with van der Waals surface area (Å²) in [5.41, 5.74) is 2.38. The molecular formula is C15H14ClN5O2. The molecule has 0 atom stereocenters. The summed E-state index contributed by atoms with van der Waals surface area (Å²) in [6.07, 6.45) is 2.88. The van der Waals surface area contributed by atoms with E-state index < -0.39 is 0 Å². The Kier molecular flexibility index (Phi) is 3.87. The fourth-order valence-electron chi connectivity index (χ4n) is 2.37. The zero-order valence-corrected chi connectivity index (χ0v) is 13.3. The largest absolute Gasteiger partial charge is 0.323 e. The van der Waals surface area contributed by atoms with Crippen LogP contribution >= 0.6 is 11.6 Å². The summed E-state index contributed by atoms with van der Waals surface area (Å²) >= 11 is 6.17. The minimum atomic E-state index is -0.383. The van der Waals surface area contributed by atoms with Gasteiger partial charge >= 0.3 is 0 Å². The maximum atomic E-state index is 12.2. The number of halogens is 1. The molecule has 0 saturated heterocycles. The Balaban J connectivity index is 1.84. The number of carbonyl (C=O) groups excluding carboxylic acids is 1. The summed E-state index contributed by atoms with van der Waals surface area (Å²) in [6, 6.07) is 5.26. The third kappa shape index (κ3) is 2.95. The van der Waals surface area contributed by atoms with Gasteiger partial charge < -0.3 is 5.32 Å². The second kappa shape index (κ2) is 5.85. The van der Waals surface area contributed by atoms with Gasteiger partial charge in [0.1, 0.15) is 18.4 Å². The van der Waals surface area contributed by atoms with E-state index in [9.17, 15) is 9.59 Å². The molecule has 0 radical (unpaired) electrons. The molecule has 8 heteroatoms. The standard InChI is InChI=1S/C15H14ClN5O2/c1-9-5-10(2)14(11(16)6-9)19-13(22)7-20-15(23)12-3-4-17-21(12)8-18-20/h3-6,8H,7H2,1-2H3,(H,19,22). The average molecular weight is 332 g/mol. The first-order valence-corrected chi connectivity index (χ1v) is 7.29. The van der Waals surface area contributed by atoms with Crippen molar-refractivity contribution in [3.8, 4) is 0 Å². The van der Waals surface area contributed by atoms with E-state index in [0.29, 0.717) is 16.2 Å². The van der Waals surface area contributed by atoms with E-state index in [4.69, 9.17) is 11.6 Å². The predicted molar refractivity (Wildman–Crippen MR) is 86.8 cm³/mol. The first kappa shape index (κ1) is 15.2. The lowest BCUT2D eigenvalue weighted by Crippen LogP contribution is -2.30. The van der Waals surface area contributed by atoms with Crippen molar-refractivity contribution in [2.45, 2.75) is 20.4 Å². The van der Waals surface area contributed by atoms with Crippen LogP contribution in [0, 0.1) is 13.8 Å². The summed E-state index contributed by atoms with van der Waals surface area (Å²) in [7, 11) is 0. The number of amides is 1. The van der Waals surface area contributed by atoms with Gasteiger partial charge in [-0.2, -0.15) is 10.2 Å². The van der Waals surface area contributed by atoms with E-state index in [0.717, 1.165) is 15.8 Å². The molecule has 0 spiro atoms. The summed E-state index contributed by atoms with van der Waals surface area (Å²) < 4.78 is 2.45. The molecule has 0 fully saturated rings. The second-order valence-electron chi connectivity index (χ2n) is 5.24. The van der Waals surface area contributed by atoms with Gasteiger partial charge in [0.25, 0.3) is 5.56 Å². The molecular weight excluding hydrogens is 318 g/mol. The van der Waals surface area contributed by atoms with Gasteiger partial charge in [0.15, 0.2) is 0 Å². The van der Waals surface area contributed by atoms with Gasteiger partial charge in [-0.15, -0.1) is 0 Å². The second-order valence-corrected chi connectivity index (χ2v) is 5.65. The van der Waals surface area contributed by atoms with Crippen LogP contribution in [0.1, 0.15) is 11.1 Å². The highest BCUT2D eigenvalue weighted by Crippen LogP contribution is 2.27. The first-order chi connectivity index (χ1) is 11.0. The minimum Gasteiger partial charge on any atom is -0.323 e. The molecule has 3 rings (SSSR count). The van der Waals surface area contributed by atoms with Crippen molar-refractivity contribution in [1.29, 1.82) is 0 Å². The number of hydrogen-bond donors (Lipinski definition) is 1. The fourth-order valence-corrected chi connectivity index (χ4v) is 2.74. The number of carbonyl (C=O) groups is 1. The number of aryl methyl sites for hydroxylation is 2. The number of fused-ring (bicyclic) bond motifs is 1. The van der Waals surface area contributed by atoms with Crippen LogP contribution in [0.4, 0.5) is 5.69 Å².